The normalized spacial score (nSPS) is 16.6. The highest BCUT2D eigenvalue weighted by Crippen LogP contribution is 2.25. The maximum Gasteiger partial charge on any atom is 0.410 e. The van der Waals surface area contributed by atoms with Gasteiger partial charge in [-0.05, 0) is 52.4 Å². The summed E-state index contributed by atoms with van der Waals surface area (Å²) < 4.78 is 5.31. The maximum atomic E-state index is 11.9. The molecule has 7 heteroatoms. The Labute approximate surface area is 130 Å². The lowest BCUT2D eigenvalue weighted by Crippen LogP contribution is -2.41. The molecule has 0 aromatic heterocycles. The molecule has 0 radical (unpaired) electrons. The number of carbonyl (C=O) groups excluding carboxylic acids is 1. The molecule has 0 aliphatic carbocycles. The molecule has 1 heterocycles. The molecule has 0 bridgehead atoms. The number of carbonyl (C=O) groups is 3. The van der Waals surface area contributed by atoms with Gasteiger partial charge in [0.1, 0.15) is 5.60 Å². The van der Waals surface area contributed by atoms with Crippen LogP contribution in [0.3, 0.4) is 0 Å². The number of amides is 1. The quantitative estimate of drug-likeness (QED) is 0.754. The van der Waals surface area contributed by atoms with Crippen molar-refractivity contribution in [3.05, 3.63) is 0 Å². The third kappa shape index (κ3) is 5.91. The van der Waals surface area contributed by atoms with Gasteiger partial charge < -0.3 is 19.8 Å². The van der Waals surface area contributed by atoms with Crippen LogP contribution in [-0.2, 0) is 14.3 Å². The van der Waals surface area contributed by atoms with Crippen LogP contribution in [0.2, 0.25) is 0 Å². The monoisotopic (exact) mass is 315 g/mol. The summed E-state index contributed by atoms with van der Waals surface area (Å²) in [5.74, 6) is -3.68. The van der Waals surface area contributed by atoms with Crippen molar-refractivity contribution in [3.63, 3.8) is 0 Å². The molecule has 1 amide bonds. The molecule has 0 saturated carbocycles. The van der Waals surface area contributed by atoms with E-state index in [1.807, 2.05) is 20.8 Å². The number of ether oxygens (including phenoxy) is 1. The first-order valence-electron chi connectivity index (χ1n) is 7.53. The predicted octanol–water partition coefficient (Wildman–Crippen LogP) is 2.20. The van der Waals surface area contributed by atoms with E-state index in [1.165, 1.54) is 0 Å². The molecule has 22 heavy (non-hydrogen) atoms. The Morgan fingerprint density at radius 1 is 1.14 bits per heavy atom. The average Bonchev–Trinajstić information content (AvgIpc) is 2.36. The number of hydrogen-bond donors (Lipinski definition) is 2. The molecule has 7 nitrogen and oxygen atoms in total. The van der Waals surface area contributed by atoms with Crippen LogP contribution in [0.1, 0.15) is 46.5 Å². The largest absolute Gasteiger partial charge is 0.481 e. The minimum atomic E-state index is -1.34. The SMILES string of the molecule is CC(C)(C)OC(=O)N1CCC(CCC(C(=O)O)C(=O)O)CC1. The molecule has 0 aromatic rings. The zero-order valence-electron chi connectivity index (χ0n) is 13.4. The van der Waals surface area contributed by atoms with E-state index in [0.29, 0.717) is 19.5 Å². The summed E-state index contributed by atoms with van der Waals surface area (Å²) in [4.78, 5) is 35.2. The first kappa shape index (κ1) is 18.3. The number of piperidine rings is 1. The molecule has 1 aliphatic heterocycles. The fourth-order valence-electron chi connectivity index (χ4n) is 2.49. The van der Waals surface area contributed by atoms with Crippen molar-refractivity contribution >= 4 is 18.0 Å². The van der Waals surface area contributed by atoms with E-state index in [0.717, 1.165) is 12.8 Å². The second-order valence-corrected chi connectivity index (χ2v) is 6.72. The second kappa shape index (κ2) is 7.47. The molecule has 0 spiro atoms. The molecular formula is C15H25NO6. The van der Waals surface area contributed by atoms with Crippen molar-refractivity contribution in [1.29, 1.82) is 0 Å². The van der Waals surface area contributed by atoms with Crippen molar-refractivity contribution in [1.82, 2.24) is 4.90 Å². The molecule has 0 atom stereocenters. The van der Waals surface area contributed by atoms with Crippen LogP contribution in [0, 0.1) is 11.8 Å². The van der Waals surface area contributed by atoms with E-state index >= 15 is 0 Å². The summed E-state index contributed by atoms with van der Waals surface area (Å²) in [7, 11) is 0. The highest BCUT2D eigenvalue weighted by molar-refractivity contribution is 5.92. The van der Waals surface area contributed by atoms with Gasteiger partial charge in [-0.15, -0.1) is 0 Å². The van der Waals surface area contributed by atoms with Crippen molar-refractivity contribution in [2.45, 2.75) is 52.1 Å². The van der Waals surface area contributed by atoms with Crippen LogP contribution in [0.5, 0.6) is 0 Å². The van der Waals surface area contributed by atoms with E-state index in [-0.39, 0.29) is 18.4 Å². The lowest BCUT2D eigenvalue weighted by atomic mass is 9.89. The minimum Gasteiger partial charge on any atom is -0.481 e. The molecule has 1 saturated heterocycles. The van der Waals surface area contributed by atoms with Crippen molar-refractivity contribution in [2.24, 2.45) is 11.8 Å². The lowest BCUT2D eigenvalue weighted by molar-refractivity contribution is -0.154. The Morgan fingerprint density at radius 2 is 1.64 bits per heavy atom. The van der Waals surface area contributed by atoms with Crippen LogP contribution in [0.4, 0.5) is 4.79 Å². The molecule has 1 rings (SSSR count). The summed E-state index contributed by atoms with van der Waals surface area (Å²) in [6, 6.07) is 0. The van der Waals surface area contributed by atoms with Crippen LogP contribution >= 0.6 is 0 Å². The average molecular weight is 315 g/mol. The van der Waals surface area contributed by atoms with E-state index in [2.05, 4.69) is 0 Å². The van der Waals surface area contributed by atoms with E-state index in [9.17, 15) is 14.4 Å². The van der Waals surface area contributed by atoms with Crippen molar-refractivity contribution < 1.29 is 29.3 Å². The van der Waals surface area contributed by atoms with Crippen molar-refractivity contribution in [3.8, 4) is 0 Å². The first-order valence-corrected chi connectivity index (χ1v) is 7.53. The van der Waals surface area contributed by atoms with Gasteiger partial charge in [-0.2, -0.15) is 0 Å². The van der Waals surface area contributed by atoms with E-state index in [4.69, 9.17) is 14.9 Å². The topological polar surface area (TPSA) is 104 Å². The standard InChI is InChI=1S/C15H25NO6/c1-15(2,3)22-14(21)16-8-6-10(7-9-16)4-5-11(12(17)18)13(19)20/h10-11H,4-9H2,1-3H3,(H,17,18)(H,19,20). The second-order valence-electron chi connectivity index (χ2n) is 6.72. The van der Waals surface area contributed by atoms with Crippen LogP contribution < -0.4 is 0 Å². The molecule has 0 aromatic carbocycles. The Kier molecular flexibility index (Phi) is 6.20. The van der Waals surface area contributed by atoms with Crippen LogP contribution in [0.25, 0.3) is 0 Å². The third-order valence-electron chi connectivity index (χ3n) is 3.73. The van der Waals surface area contributed by atoms with Gasteiger partial charge in [-0.25, -0.2) is 4.79 Å². The summed E-state index contributed by atoms with van der Waals surface area (Å²) in [5.41, 5.74) is -0.524. The zero-order valence-corrected chi connectivity index (χ0v) is 13.4. The molecule has 1 fully saturated rings. The molecule has 2 N–H and O–H groups in total. The fraction of sp³-hybridized carbons (Fsp3) is 0.800. The highest BCUT2D eigenvalue weighted by atomic mass is 16.6. The minimum absolute atomic E-state index is 0.127. The molecular weight excluding hydrogens is 290 g/mol. The number of carboxylic acid groups (broad SMARTS) is 2. The van der Waals surface area contributed by atoms with Gasteiger partial charge in [0.25, 0.3) is 0 Å². The number of rotatable bonds is 5. The van der Waals surface area contributed by atoms with E-state index in [1.54, 1.807) is 4.90 Å². The predicted molar refractivity (Wildman–Crippen MR) is 78.5 cm³/mol. The number of carboxylic acids is 2. The number of nitrogens with zero attached hydrogens (tertiary/aromatic N) is 1. The van der Waals surface area contributed by atoms with E-state index < -0.39 is 23.5 Å². The van der Waals surface area contributed by atoms with Gasteiger partial charge in [-0.3, -0.25) is 9.59 Å². The lowest BCUT2D eigenvalue weighted by Gasteiger charge is -2.33. The summed E-state index contributed by atoms with van der Waals surface area (Å²) in [5, 5.41) is 17.7. The van der Waals surface area contributed by atoms with Gasteiger partial charge in [0.15, 0.2) is 5.92 Å². The number of likely N-dealkylation sites (tertiary alicyclic amines) is 1. The summed E-state index contributed by atoms with van der Waals surface area (Å²) in [6.07, 6.45) is 1.82. The first-order chi connectivity index (χ1) is 10.1. The van der Waals surface area contributed by atoms with Crippen LogP contribution in [-0.4, -0.2) is 51.8 Å². The smallest absolute Gasteiger partial charge is 0.410 e. The maximum absolute atomic E-state index is 11.9. The summed E-state index contributed by atoms with van der Waals surface area (Å²) in [6.45, 7) is 6.57. The zero-order chi connectivity index (χ0) is 16.9. The Morgan fingerprint density at radius 3 is 2.05 bits per heavy atom. The van der Waals surface area contributed by atoms with Crippen molar-refractivity contribution in [2.75, 3.05) is 13.1 Å². The third-order valence-corrected chi connectivity index (χ3v) is 3.73. The Hall–Kier alpha value is -1.79. The van der Waals surface area contributed by atoms with Gasteiger partial charge in [-0.1, -0.05) is 0 Å². The summed E-state index contributed by atoms with van der Waals surface area (Å²) >= 11 is 0. The number of hydrogen-bond acceptors (Lipinski definition) is 4. The Bertz CT molecular complexity index is 406. The fourth-order valence-corrected chi connectivity index (χ4v) is 2.49. The highest BCUT2D eigenvalue weighted by Gasteiger charge is 2.30. The molecule has 126 valence electrons. The molecule has 1 aliphatic rings. The van der Waals surface area contributed by atoms with Gasteiger partial charge >= 0.3 is 18.0 Å². The van der Waals surface area contributed by atoms with Crippen LogP contribution in [0.15, 0.2) is 0 Å². The van der Waals surface area contributed by atoms with Gasteiger partial charge in [0, 0.05) is 13.1 Å². The van der Waals surface area contributed by atoms with Gasteiger partial charge in [0.2, 0.25) is 0 Å². The van der Waals surface area contributed by atoms with Gasteiger partial charge in [0.05, 0.1) is 0 Å². The molecule has 0 unspecified atom stereocenters. The number of aliphatic carboxylic acids is 2. The Balaban J connectivity index is 2.38.